The van der Waals surface area contributed by atoms with Crippen molar-refractivity contribution in [3.63, 3.8) is 0 Å². The number of hydrogen-bond donors (Lipinski definition) is 1. The van der Waals surface area contributed by atoms with E-state index in [1.54, 1.807) is 24.3 Å². The molecule has 0 unspecified atom stereocenters. The molecule has 2 aromatic carbocycles. The molecular weight excluding hydrogens is 278 g/mol. The first kappa shape index (κ1) is 12.9. The molecule has 3 aromatic rings. The summed E-state index contributed by atoms with van der Waals surface area (Å²) in [5.41, 5.74) is 5.61. The molecule has 0 spiro atoms. The molecule has 0 saturated heterocycles. The van der Waals surface area contributed by atoms with Crippen molar-refractivity contribution < 1.29 is 17.9 Å². The minimum absolute atomic E-state index is 0.0739. The Morgan fingerprint density at radius 3 is 2.71 bits per heavy atom. The third kappa shape index (κ3) is 2.15. The summed E-state index contributed by atoms with van der Waals surface area (Å²) in [6.07, 6.45) is 0. The number of nitriles is 1. The molecule has 21 heavy (non-hydrogen) atoms. The van der Waals surface area contributed by atoms with E-state index in [2.05, 4.69) is 0 Å². The second-order valence-electron chi connectivity index (χ2n) is 4.27. The molecule has 1 aromatic heterocycles. The van der Waals surface area contributed by atoms with Crippen LogP contribution in [0, 0.1) is 23.0 Å². The van der Waals surface area contributed by atoms with Crippen LogP contribution in [0.5, 0.6) is 11.5 Å². The zero-order chi connectivity index (χ0) is 15.0. The van der Waals surface area contributed by atoms with Gasteiger partial charge in [0.25, 0.3) is 0 Å². The van der Waals surface area contributed by atoms with Gasteiger partial charge in [-0.25, -0.2) is 8.78 Å². The standard InChI is InChI=1S/C15H8F2N2O2/c16-8-5-10(17)14(19)12(6-8)21-15-9-3-1-2-4-11(9)20-13(15)7-18/h1-6H,19H2. The number of ether oxygens (including phenoxy) is 1. The average molecular weight is 286 g/mol. The summed E-state index contributed by atoms with van der Waals surface area (Å²) < 4.78 is 37.4. The molecular formula is C15H8F2N2O2. The first-order chi connectivity index (χ1) is 10.1. The number of para-hydroxylation sites is 1. The fourth-order valence-electron chi connectivity index (χ4n) is 1.95. The van der Waals surface area contributed by atoms with Crippen LogP contribution in [-0.4, -0.2) is 0 Å². The number of halogens is 2. The molecule has 2 N–H and O–H groups in total. The summed E-state index contributed by atoms with van der Waals surface area (Å²) in [6, 6.07) is 10.2. The largest absolute Gasteiger partial charge is 0.449 e. The van der Waals surface area contributed by atoms with Gasteiger partial charge in [-0.05, 0) is 12.1 Å². The Labute approximate surface area is 118 Å². The van der Waals surface area contributed by atoms with Crippen LogP contribution in [0.4, 0.5) is 14.5 Å². The van der Waals surface area contributed by atoms with Crippen LogP contribution in [0.1, 0.15) is 5.76 Å². The molecule has 0 fully saturated rings. The van der Waals surface area contributed by atoms with Crippen LogP contribution in [0.25, 0.3) is 11.0 Å². The number of anilines is 1. The lowest BCUT2D eigenvalue weighted by molar-refractivity contribution is 0.459. The average Bonchev–Trinajstić information content (AvgIpc) is 2.82. The molecule has 3 rings (SSSR count). The maximum absolute atomic E-state index is 13.4. The Kier molecular flexibility index (Phi) is 2.95. The van der Waals surface area contributed by atoms with Crippen LogP contribution < -0.4 is 10.5 Å². The van der Waals surface area contributed by atoms with Crippen molar-refractivity contribution in [2.24, 2.45) is 0 Å². The van der Waals surface area contributed by atoms with Gasteiger partial charge in [-0.3, -0.25) is 0 Å². The van der Waals surface area contributed by atoms with E-state index in [-0.39, 0.29) is 22.9 Å². The molecule has 0 bridgehead atoms. The van der Waals surface area contributed by atoms with Crippen LogP contribution in [0.2, 0.25) is 0 Å². The summed E-state index contributed by atoms with van der Waals surface area (Å²) in [4.78, 5) is 0. The number of rotatable bonds is 2. The quantitative estimate of drug-likeness (QED) is 0.724. The predicted octanol–water partition coefficient (Wildman–Crippen LogP) is 3.96. The minimum atomic E-state index is -0.934. The maximum atomic E-state index is 13.4. The van der Waals surface area contributed by atoms with Crippen molar-refractivity contribution >= 4 is 16.7 Å². The molecule has 6 heteroatoms. The van der Waals surface area contributed by atoms with Gasteiger partial charge in [0.2, 0.25) is 5.76 Å². The Morgan fingerprint density at radius 2 is 1.95 bits per heavy atom. The number of benzene rings is 2. The van der Waals surface area contributed by atoms with Crippen molar-refractivity contribution in [2.75, 3.05) is 5.73 Å². The molecule has 0 aliphatic carbocycles. The van der Waals surface area contributed by atoms with Gasteiger partial charge in [0.15, 0.2) is 17.3 Å². The highest BCUT2D eigenvalue weighted by atomic mass is 19.1. The van der Waals surface area contributed by atoms with Crippen molar-refractivity contribution in [3.05, 3.63) is 53.8 Å². The molecule has 0 aliphatic rings. The smallest absolute Gasteiger partial charge is 0.247 e. The summed E-state index contributed by atoms with van der Waals surface area (Å²) in [6.45, 7) is 0. The molecule has 0 aliphatic heterocycles. The van der Waals surface area contributed by atoms with E-state index in [1.165, 1.54) is 0 Å². The number of fused-ring (bicyclic) bond motifs is 1. The van der Waals surface area contributed by atoms with Gasteiger partial charge < -0.3 is 14.9 Å². The van der Waals surface area contributed by atoms with Gasteiger partial charge >= 0.3 is 0 Å². The summed E-state index contributed by atoms with van der Waals surface area (Å²) in [7, 11) is 0. The lowest BCUT2D eigenvalue weighted by Gasteiger charge is -2.08. The lowest BCUT2D eigenvalue weighted by Crippen LogP contribution is -1.97. The zero-order valence-corrected chi connectivity index (χ0v) is 10.6. The van der Waals surface area contributed by atoms with Crippen LogP contribution in [-0.2, 0) is 0 Å². The Bertz CT molecular complexity index is 881. The van der Waals surface area contributed by atoms with E-state index in [1.807, 2.05) is 6.07 Å². The van der Waals surface area contributed by atoms with Crippen molar-refractivity contribution in [3.8, 4) is 17.6 Å². The van der Waals surface area contributed by atoms with Crippen LogP contribution >= 0.6 is 0 Å². The van der Waals surface area contributed by atoms with Crippen LogP contribution in [0.3, 0.4) is 0 Å². The number of furan rings is 1. The molecule has 0 atom stereocenters. The van der Waals surface area contributed by atoms with Gasteiger partial charge in [-0.15, -0.1) is 0 Å². The summed E-state index contributed by atoms with van der Waals surface area (Å²) >= 11 is 0. The van der Waals surface area contributed by atoms with E-state index in [9.17, 15) is 8.78 Å². The second-order valence-corrected chi connectivity index (χ2v) is 4.27. The molecule has 1 heterocycles. The van der Waals surface area contributed by atoms with Gasteiger partial charge in [0.1, 0.15) is 23.2 Å². The summed E-state index contributed by atoms with van der Waals surface area (Å²) in [5, 5.41) is 9.58. The van der Waals surface area contributed by atoms with Crippen molar-refractivity contribution in [2.45, 2.75) is 0 Å². The molecule has 0 radical (unpaired) electrons. The van der Waals surface area contributed by atoms with E-state index in [4.69, 9.17) is 20.1 Å². The highest BCUT2D eigenvalue weighted by Gasteiger charge is 2.18. The number of nitrogens with zero attached hydrogens (tertiary/aromatic N) is 1. The second kappa shape index (κ2) is 4.80. The molecule has 0 amide bonds. The van der Waals surface area contributed by atoms with Crippen molar-refractivity contribution in [1.29, 1.82) is 5.26 Å². The number of hydrogen-bond acceptors (Lipinski definition) is 4. The third-order valence-electron chi connectivity index (χ3n) is 2.92. The highest BCUT2D eigenvalue weighted by molar-refractivity contribution is 5.87. The SMILES string of the molecule is N#Cc1oc2ccccc2c1Oc1cc(F)cc(F)c1N. The lowest BCUT2D eigenvalue weighted by atomic mass is 10.2. The number of nitrogen functional groups attached to an aromatic ring is 1. The van der Waals surface area contributed by atoms with Gasteiger partial charge in [0, 0.05) is 12.1 Å². The van der Waals surface area contributed by atoms with E-state index in [0.717, 1.165) is 6.07 Å². The van der Waals surface area contributed by atoms with Crippen molar-refractivity contribution in [1.82, 2.24) is 0 Å². The van der Waals surface area contributed by atoms with Gasteiger partial charge in [-0.2, -0.15) is 5.26 Å². The topological polar surface area (TPSA) is 72.2 Å². The van der Waals surface area contributed by atoms with Crippen LogP contribution in [0.15, 0.2) is 40.8 Å². The maximum Gasteiger partial charge on any atom is 0.247 e. The minimum Gasteiger partial charge on any atom is -0.449 e. The van der Waals surface area contributed by atoms with Gasteiger partial charge in [0.05, 0.1) is 5.39 Å². The van der Waals surface area contributed by atoms with Gasteiger partial charge in [-0.1, -0.05) is 12.1 Å². The molecule has 104 valence electrons. The first-order valence-corrected chi connectivity index (χ1v) is 5.94. The monoisotopic (exact) mass is 286 g/mol. The molecule has 0 saturated carbocycles. The molecule has 4 nitrogen and oxygen atoms in total. The highest BCUT2D eigenvalue weighted by Crippen LogP contribution is 2.38. The fourth-order valence-corrected chi connectivity index (χ4v) is 1.95. The normalized spacial score (nSPS) is 10.5. The predicted molar refractivity (Wildman–Crippen MR) is 71.8 cm³/mol. The zero-order valence-electron chi connectivity index (χ0n) is 10.6. The first-order valence-electron chi connectivity index (χ1n) is 5.94. The Hall–Kier alpha value is -3.07. The van der Waals surface area contributed by atoms with E-state index >= 15 is 0 Å². The van der Waals surface area contributed by atoms with E-state index in [0.29, 0.717) is 17.0 Å². The Balaban J connectivity index is 2.17. The Morgan fingerprint density at radius 1 is 1.19 bits per heavy atom. The number of nitrogens with two attached hydrogens (primary N) is 1. The fraction of sp³-hybridized carbons (Fsp3) is 0. The van der Waals surface area contributed by atoms with E-state index < -0.39 is 11.6 Å². The summed E-state index contributed by atoms with van der Waals surface area (Å²) in [5.74, 6) is -2.00. The third-order valence-corrected chi connectivity index (χ3v) is 2.92.